The third-order valence-corrected chi connectivity index (χ3v) is 5.06. The monoisotopic (exact) mass is 353 g/mol. The minimum atomic E-state index is 0.0549. The largest absolute Gasteiger partial charge is 0.350 e. The molecule has 0 atom stereocenters. The van der Waals surface area contributed by atoms with Gasteiger partial charge in [0.1, 0.15) is 5.69 Å². The van der Waals surface area contributed by atoms with Crippen molar-refractivity contribution in [3.63, 3.8) is 0 Å². The number of rotatable bonds is 2. The molecular formula is C20H20ClN3O. The van der Waals surface area contributed by atoms with Gasteiger partial charge in [-0.05, 0) is 30.8 Å². The standard InChI is InChI=1S/C20H20ClN3O/c1-23-9-11-24(12-10-23)20(25)19-18(14-5-3-2-4-6-14)16-13-15(21)7-8-17(16)22-19/h2-8,13,22H,9-12H2,1H3. The molecule has 2 aromatic carbocycles. The highest BCUT2D eigenvalue weighted by atomic mass is 35.5. The molecule has 5 heteroatoms. The zero-order valence-corrected chi connectivity index (χ0v) is 14.9. The molecule has 128 valence electrons. The molecule has 0 radical (unpaired) electrons. The fourth-order valence-electron chi connectivity index (χ4n) is 3.40. The molecule has 0 unspecified atom stereocenters. The van der Waals surface area contributed by atoms with Crippen LogP contribution in [0.2, 0.25) is 5.02 Å². The number of carbonyl (C=O) groups is 1. The number of fused-ring (bicyclic) bond motifs is 1. The molecule has 1 aromatic heterocycles. The molecule has 1 saturated heterocycles. The first-order valence-electron chi connectivity index (χ1n) is 8.48. The first-order valence-corrected chi connectivity index (χ1v) is 8.86. The fourth-order valence-corrected chi connectivity index (χ4v) is 3.57. The van der Waals surface area contributed by atoms with Crippen molar-refractivity contribution in [1.82, 2.24) is 14.8 Å². The second-order valence-corrected chi connectivity index (χ2v) is 6.96. The van der Waals surface area contributed by atoms with E-state index in [1.807, 2.05) is 53.4 Å². The van der Waals surface area contributed by atoms with Crippen molar-refractivity contribution < 1.29 is 4.79 Å². The Hall–Kier alpha value is -2.30. The van der Waals surface area contributed by atoms with Crippen molar-refractivity contribution in [2.24, 2.45) is 0 Å². The van der Waals surface area contributed by atoms with Gasteiger partial charge in [0.15, 0.2) is 0 Å². The molecule has 0 saturated carbocycles. The van der Waals surface area contributed by atoms with Crippen molar-refractivity contribution >= 4 is 28.4 Å². The molecule has 1 amide bonds. The number of benzene rings is 2. The predicted molar refractivity (Wildman–Crippen MR) is 102 cm³/mol. The number of nitrogens with one attached hydrogen (secondary N) is 1. The molecule has 3 aromatic rings. The molecule has 0 aliphatic carbocycles. The number of amides is 1. The number of nitrogens with zero attached hydrogens (tertiary/aromatic N) is 2. The maximum atomic E-state index is 13.2. The van der Waals surface area contributed by atoms with E-state index in [4.69, 9.17) is 11.6 Å². The number of halogens is 1. The first kappa shape index (κ1) is 16.2. The molecule has 0 spiro atoms. The second-order valence-electron chi connectivity index (χ2n) is 6.53. The van der Waals surface area contributed by atoms with Gasteiger partial charge in [0, 0.05) is 47.7 Å². The van der Waals surface area contributed by atoms with Crippen LogP contribution in [0.3, 0.4) is 0 Å². The Kier molecular flexibility index (Phi) is 4.24. The Morgan fingerprint density at radius 2 is 1.76 bits per heavy atom. The Bertz CT molecular complexity index is 911. The molecule has 1 fully saturated rings. The molecule has 2 heterocycles. The van der Waals surface area contributed by atoms with Gasteiger partial charge >= 0.3 is 0 Å². The first-order chi connectivity index (χ1) is 12.1. The van der Waals surface area contributed by atoms with Crippen molar-refractivity contribution in [2.75, 3.05) is 33.2 Å². The summed E-state index contributed by atoms with van der Waals surface area (Å²) in [6, 6.07) is 15.7. The molecular weight excluding hydrogens is 334 g/mol. The highest BCUT2D eigenvalue weighted by Gasteiger charge is 2.26. The lowest BCUT2D eigenvalue weighted by Crippen LogP contribution is -2.47. The van der Waals surface area contributed by atoms with Gasteiger partial charge in [0.25, 0.3) is 5.91 Å². The number of aromatic nitrogens is 1. The Morgan fingerprint density at radius 1 is 1.04 bits per heavy atom. The highest BCUT2D eigenvalue weighted by molar-refractivity contribution is 6.31. The van der Waals surface area contributed by atoms with E-state index in [1.54, 1.807) is 0 Å². The van der Waals surface area contributed by atoms with Crippen LogP contribution in [0, 0.1) is 0 Å². The van der Waals surface area contributed by atoms with Gasteiger partial charge < -0.3 is 14.8 Å². The topological polar surface area (TPSA) is 39.3 Å². The number of hydrogen-bond acceptors (Lipinski definition) is 2. The lowest BCUT2D eigenvalue weighted by atomic mass is 10.0. The SMILES string of the molecule is CN1CCN(C(=O)c2[nH]c3ccc(Cl)cc3c2-c2ccccc2)CC1. The number of likely N-dealkylation sites (N-methyl/N-ethyl adjacent to an activating group) is 1. The van der Waals surface area contributed by atoms with Crippen molar-refractivity contribution in [3.8, 4) is 11.1 Å². The average Bonchev–Trinajstić information content (AvgIpc) is 3.01. The highest BCUT2D eigenvalue weighted by Crippen LogP contribution is 2.34. The summed E-state index contributed by atoms with van der Waals surface area (Å²) in [7, 11) is 2.09. The van der Waals surface area contributed by atoms with Crippen LogP contribution in [-0.4, -0.2) is 53.9 Å². The summed E-state index contributed by atoms with van der Waals surface area (Å²) in [6.45, 7) is 3.30. The van der Waals surface area contributed by atoms with Crippen LogP contribution in [0.15, 0.2) is 48.5 Å². The van der Waals surface area contributed by atoms with Crippen molar-refractivity contribution in [1.29, 1.82) is 0 Å². The van der Waals surface area contributed by atoms with Crippen LogP contribution in [0.5, 0.6) is 0 Å². The number of aromatic amines is 1. The lowest BCUT2D eigenvalue weighted by molar-refractivity contribution is 0.0660. The van der Waals surface area contributed by atoms with Gasteiger partial charge in [0.05, 0.1) is 0 Å². The zero-order valence-electron chi connectivity index (χ0n) is 14.1. The van der Waals surface area contributed by atoms with Crippen LogP contribution in [0.25, 0.3) is 22.0 Å². The fraction of sp³-hybridized carbons (Fsp3) is 0.250. The van der Waals surface area contributed by atoms with E-state index in [1.165, 1.54) is 0 Å². The number of carbonyl (C=O) groups excluding carboxylic acids is 1. The van der Waals surface area contributed by atoms with Gasteiger partial charge in [-0.3, -0.25) is 4.79 Å². The number of H-pyrrole nitrogens is 1. The van der Waals surface area contributed by atoms with E-state index in [9.17, 15) is 4.79 Å². The van der Waals surface area contributed by atoms with E-state index in [-0.39, 0.29) is 5.91 Å². The van der Waals surface area contributed by atoms with E-state index in [0.717, 1.165) is 48.2 Å². The third-order valence-electron chi connectivity index (χ3n) is 4.83. The van der Waals surface area contributed by atoms with Crippen molar-refractivity contribution in [2.45, 2.75) is 0 Å². The molecule has 25 heavy (non-hydrogen) atoms. The number of hydrogen-bond donors (Lipinski definition) is 1. The van der Waals surface area contributed by atoms with Gasteiger partial charge in [-0.15, -0.1) is 0 Å². The van der Waals surface area contributed by atoms with E-state index >= 15 is 0 Å². The van der Waals surface area contributed by atoms with Crippen LogP contribution >= 0.6 is 11.6 Å². The molecule has 1 aliphatic heterocycles. The van der Waals surface area contributed by atoms with Crippen LogP contribution < -0.4 is 0 Å². The minimum absolute atomic E-state index is 0.0549. The average molecular weight is 354 g/mol. The molecule has 0 bridgehead atoms. The van der Waals surface area contributed by atoms with Crippen LogP contribution in [0.4, 0.5) is 0 Å². The third kappa shape index (κ3) is 3.03. The molecule has 4 nitrogen and oxygen atoms in total. The second kappa shape index (κ2) is 6.54. The van der Waals surface area contributed by atoms with E-state index < -0.39 is 0 Å². The summed E-state index contributed by atoms with van der Waals surface area (Å²) in [6.07, 6.45) is 0. The summed E-state index contributed by atoms with van der Waals surface area (Å²) < 4.78 is 0. The van der Waals surface area contributed by atoms with Gasteiger partial charge in [-0.2, -0.15) is 0 Å². The van der Waals surface area contributed by atoms with E-state index in [0.29, 0.717) is 10.7 Å². The van der Waals surface area contributed by atoms with Crippen LogP contribution in [0.1, 0.15) is 10.5 Å². The summed E-state index contributed by atoms with van der Waals surface area (Å²) >= 11 is 6.22. The maximum absolute atomic E-state index is 13.2. The van der Waals surface area contributed by atoms with E-state index in [2.05, 4.69) is 16.9 Å². The smallest absolute Gasteiger partial charge is 0.271 e. The maximum Gasteiger partial charge on any atom is 0.271 e. The normalized spacial score (nSPS) is 15.7. The van der Waals surface area contributed by atoms with Crippen LogP contribution in [-0.2, 0) is 0 Å². The quantitative estimate of drug-likeness (QED) is 0.759. The van der Waals surface area contributed by atoms with Gasteiger partial charge in [-0.25, -0.2) is 0 Å². The summed E-state index contributed by atoms with van der Waals surface area (Å²) in [5.74, 6) is 0.0549. The van der Waals surface area contributed by atoms with Crippen molar-refractivity contribution in [3.05, 3.63) is 59.2 Å². The Balaban J connectivity index is 1.84. The number of piperazine rings is 1. The Labute approximate surface area is 152 Å². The molecule has 1 aliphatic rings. The molecule has 4 rings (SSSR count). The van der Waals surface area contributed by atoms with Gasteiger partial charge in [0.2, 0.25) is 0 Å². The van der Waals surface area contributed by atoms with Gasteiger partial charge in [-0.1, -0.05) is 41.9 Å². The molecule has 1 N–H and O–H groups in total. The predicted octanol–water partition coefficient (Wildman–Crippen LogP) is 3.88. The summed E-state index contributed by atoms with van der Waals surface area (Å²) in [5, 5.41) is 1.65. The Morgan fingerprint density at radius 3 is 2.48 bits per heavy atom. The summed E-state index contributed by atoms with van der Waals surface area (Å²) in [4.78, 5) is 20.7. The summed E-state index contributed by atoms with van der Waals surface area (Å²) in [5.41, 5.74) is 3.53. The minimum Gasteiger partial charge on any atom is -0.350 e. The lowest BCUT2D eigenvalue weighted by Gasteiger charge is -2.32. The zero-order chi connectivity index (χ0) is 17.4.